The van der Waals surface area contributed by atoms with Crippen LogP contribution in [-0.2, 0) is 0 Å². The quantitative estimate of drug-likeness (QED) is 0.622. The van der Waals surface area contributed by atoms with Gasteiger partial charge in [0.2, 0.25) is 0 Å². The van der Waals surface area contributed by atoms with E-state index in [1.165, 1.54) is 0 Å². The van der Waals surface area contributed by atoms with Gasteiger partial charge in [0.25, 0.3) is 0 Å². The van der Waals surface area contributed by atoms with Gasteiger partial charge in [-0.15, -0.1) is 0 Å². The highest BCUT2D eigenvalue weighted by molar-refractivity contribution is 4.79. The van der Waals surface area contributed by atoms with Crippen LogP contribution in [0.5, 0.6) is 0 Å². The molecule has 0 aromatic carbocycles. The molecular weight excluding hydrogens is 180 g/mol. The molecule has 0 aliphatic rings. The molecule has 4 nitrogen and oxygen atoms in total. The number of aliphatic hydroxyl groups excluding tert-OH is 2. The standard InChI is InChI=1S/C10H20N2O2/c1-3-5-9(10(14)8-13)12(2)7-4-6-11/h9-10,13-14H,3-5,7-8H2,1-2H3. The first-order valence-electron chi connectivity index (χ1n) is 5.03. The van der Waals surface area contributed by atoms with Crippen molar-refractivity contribution >= 4 is 0 Å². The Balaban J connectivity index is 4.11. The summed E-state index contributed by atoms with van der Waals surface area (Å²) >= 11 is 0. The van der Waals surface area contributed by atoms with Gasteiger partial charge in [0, 0.05) is 19.0 Å². The topological polar surface area (TPSA) is 67.5 Å². The SMILES string of the molecule is CCCC(C(O)CO)N(C)CCC#N. The molecule has 0 aliphatic carbocycles. The summed E-state index contributed by atoms with van der Waals surface area (Å²) in [6.45, 7) is 2.45. The summed E-state index contributed by atoms with van der Waals surface area (Å²) in [5.74, 6) is 0. The smallest absolute Gasteiger partial charge is 0.0925 e. The predicted molar refractivity (Wildman–Crippen MR) is 54.6 cm³/mol. The van der Waals surface area contributed by atoms with Crippen LogP contribution in [0.4, 0.5) is 0 Å². The molecule has 14 heavy (non-hydrogen) atoms. The van der Waals surface area contributed by atoms with Crippen molar-refractivity contribution in [1.29, 1.82) is 5.26 Å². The van der Waals surface area contributed by atoms with E-state index in [-0.39, 0.29) is 12.6 Å². The Labute approximate surface area is 85.8 Å². The normalized spacial score (nSPS) is 15.1. The average Bonchev–Trinajstić information content (AvgIpc) is 2.21. The van der Waals surface area contributed by atoms with E-state index in [2.05, 4.69) is 6.07 Å². The second-order valence-corrected chi connectivity index (χ2v) is 3.49. The number of aliphatic hydroxyl groups is 2. The van der Waals surface area contributed by atoms with Crippen molar-refractivity contribution in [1.82, 2.24) is 4.90 Å². The van der Waals surface area contributed by atoms with E-state index in [4.69, 9.17) is 10.4 Å². The number of nitrogens with zero attached hydrogens (tertiary/aromatic N) is 2. The molecule has 0 saturated heterocycles. The van der Waals surface area contributed by atoms with Crippen LogP contribution in [0.2, 0.25) is 0 Å². The molecule has 2 atom stereocenters. The third-order valence-corrected chi connectivity index (χ3v) is 2.36. The van der Waals surface area contributed by atoms with Gasteiger partial charge in [0.15, 0.2) is 0 Å². The molecule has 0 bridgehead atoms. The fraction of sp³-hybridized carbons (Fsp3) is 0.900. The molecule has 2 N–H and O–H groups in total. The summed E-state index contributed by atoms with van der Waals surface area (Å²) < 4.78 is 0. The van der Waals surface area contributed by atoms with Crippen molar-refractivity contribution < 1.29 is 10.2 Å². The number of hydrogen-bond acceptors (Lipinski definition) is 4. The third kappa shape index (κ3) is 4.56. The summed E-state index contributed by atoms with van der Waals surface area (Å²) in [4.78, 5) is 1.94. The van der Waals surface area contributed by atoms with Crippen LogP contribution < -0.4 is 0 Å². The van der Waals surface area contributed by atoms with Crippen molar-refractivity contribution in [2.45, 2.75) is 38.3 Å². The third-order valence-electron chi connectivity index (χ3n) is 2.36. The molecule has 0 fully saturated rings. The first-order chi connectivity index (χ1) is 6.67. The van der Waals surface area contributed by atoms with Gasteiger partial charge in [-0.1, -0.05) is 13.3 Å². The number of likely N-dealkylation sites (N-methyl/N-ethyl adjacent to an activating group) is 1. The molecule has 0 radical (unpaired) electrons. The van der Waals surface area contributed by atoms with Crippen LogP contribution in [0.25, 0.3) is 0 Å². The lowest BCUT2D eigenvalue weighted by Gasteiger charge is -2.30. The van der Waals surface area contributed by atoms with Crippen molar-refractivity contribution in [3.8, 4) is 6.07 Å². The minimum Gasteiger partial charge on any atom is -0.394 e. The Hall–Kier alpha value is -0.630. The molecule has 4 heteroatoms. The Kier molecular flexibility index (Phi) is 7.40. The second kappa shape index (κ2) is 7.74. The summed E-state index contributed by atoms with van der Waals surface area (Å²) in [6.07, 6.45) is 1.54. The van der Waals surface area contributed by atoms with E-state index < -0.39 is 6.10 Å². The Morgan fingerprint density at radius 3 is 2.57 bits per heavy atom. The molecule has 2 unspecified atom stereocenters. The zero-order chi connectivity index (χ0) is 11.0. The fourth-order valence-corrected chi connectivity index (χ4v) is 1.52. The summed E-state index contributed by atoms with van der Waals surface area (Å²) in [5, 5.41) is 26.8. The van der Waals surface area contributed by atoms with Crippen molar-refractivity contribution in [3.05, 3.63) is 0 Å². The van der Waals surface area contributed by atoms with Gasteiger partial charge in [-0.2, -0.15) is 5.26 Å². The molecule has 0 aromatic rings. The lowest BCUT2D eigenvalue weighted by atomic mass is 10.0. The number of rotatable bonds is 7. The first-order valence-corrected chi connectivity index (χ1v) is 5.03. The highest BCUT2D eigenvalue weighted by atomic mass is 16.3. The summed E-state index contributed by atoms with van der Waals surface area (Å²) in [5.41, 5.74) is 0. The zero-order valence-corrected chi connectivity index (χ0v) is 8.98. The largest absolute Gasteiger partial charge is 0.394 e. The molecular formula is C10H20N2O2. The van der Waals surface area contributed by atoms with Crippen molar-refractivity contribution in [3.63, 3.8) is 0 Å². The maximum absolute atomic E-state index is 9.54. The lowest BCUT2D eigenvalue weighted by Crippen LogP contribution is -2.43. The fourth-order valence-electron chi connectivity index (χ4n) is 1.52. The maximum atomic E-state index is 9.54. The van der Waals surface area contributed by atoms with Crippen molar-refractivity contribution in [2.24, 2.45) is 0 Å². The molecule has 0 rings (SSSR count). The van der Waals surface area contributed by atoms with Crippen LogP contribution in [0.3, 0.4) is 0 Å². The molecule has 0 spiro atoms. The lowest BCUT2D eigenvalue weighted by molar-refractivity contribution is 0.0171. The van der Waals surface area contributed by atoms with E-state index in [1.54, 1.807) is 0 Å². The van der Waals surface area contributed by atoms with Crippen LogP contribution in [0, 0.1) is 11.3 Å². The molecule has 0 aromatic heterocycles. The monoisotopic (exact) mass is 200 g/mol. The van der Waals surface area contributed by atoms with Gasteiger partial charge in [-0.25, -0.2) is 0 Å². The van der Waals surface area contributed by atoms with Gasteiger partial charge >= 0.3 is 0 Å². The minimum absolute atomic E-state index is 0.0432. The van der Waals surface area contributed by atoms with Gasteiger partial charge in [0.1, 0.15) is 0 Å². The Bertz CT molecular complexity index is 179. The first kappa shape index (κ1) is 13.4. The van der Waals surface area contributed by atoms with E-state index in [9.17, 15) is 5.11 Å². The van der Waals surface area contributed by atoms with Crippen molar-refractivity contribution in [2.75, 3.05) is 20.2 Å². The van der Waals surface area contributed by atoms with Gasteiger partial charge in [-0.05, 0) is 13.5 Å². The van der Waals surface area contributed by atoms with Crippen LogP contribution in [0.15, 0.2) is 0 Å². The number of nitriles is 1. The van der Waals surface area contributed by atoms with E-state index >= 15 is 0 Å². The predicted octanol–water partition coefficient (Wildman–Crippen LogP) is 0.354. The Morgan fingerprint density at radius 2 is 2.14 bits per heavy atom. The van der Waals surface area contributed by atoms with Crippen LogP contribution in [-0.4, -0.2) is 47.5 Å². The highest BCUT2D eigenvalue weighted by Crippen LogP contribution is 2.10. The van der Waals surface area contributed by atoms with Gasteiger partial charge in [0.05, 0.1) is 18.8 Å². The average molecular weight is 200 g/mol. The van der Waals surface area contributed by atoms with E-state index in [0.717, 1.165) is 12.8 Å². The number of hydrogen-bond donors (Lipinski definition) is 2. The summed E-state index contributed by atoms with van der Waals surface area (Å²) in [7, 11) is 1.87. The molecule has 0 saturated carbocycles. The van der Waals surface area contributed by atoms with Crippen LogP contribution in [0.1, 0.15) is 26.2 Å². The molecule has 82 valence electrons. The van der Waals surface area contributed by atoms with Gasteiger partial charge < -0.3 is 10.2 Å². The molecule has 0 amide bonds. The van der Waals surface area contributed by atoms with Crippen LogP contribution >= 0.6 is 0 Å². The molecule has 0 heterocycles. The maximum Gasteiger partial charge on any atom is 0.0925 e. The molecule has 0 aliphatic heterocycles. The minimum atomic E-state index is -0.710. The van der Waals surface area contributed by atoms with E-state index in [1.807, 2.05) is 18.9 Å². The van der Waals surface area contributed by atoms with E-state index in [0.29, 0.717) is 13.0 Å². The summed E-state index contributed by atoms with van der Waals surface area (Å²) in [6, 6.07) is 2.02. The Morgan fingerprint density at radius 1 is 1.50 bits per heavy atom. The second-order valence-electron chi connectivity index (χ2n) is 3.49. The highest BCUT2D eigenvalue weighted by Gasteiger charge is 2.21. The zero-order valence-electron chi connectivity index (χ0n) is 8.98. The van der Waals surface area contributed by atoms with Gasteiger partial charge in [-0.3, -0.25) is 4.90 Å².